The van der Waals surface area contributed by atoms with Gasteiger partial charge in [-0.1, -0.05) is 17.7 Å². The van der Waals surface area contributed by atoms with Gasteiger partial charge >= 0.3 is 6.09 Å². The topological polar surface area (TPSA) is 59.0 Å². The van der Waals surface area contributed by atoms with Crippen LogP contribution in [0.25, 0.3) is 0 Å². The summed E-state index contributed by atoms with van der Waals surface area (Å²) in [7, 11) is 0. The predicted molar refractivity (Wildman–Crippen MR) is 106 cm³/mol. The van der Waals surface area contributed by atoms with Gasteiger partial charge in [0.1, 0.15) is 11.4 Å². The fourth-order valence-electron chi connectivity index (χ4n) is 2.40. The molecule has 0 bridgehead atoms. The Balaban J connectivity index is 2.10. The van der Waals surface area contributed by atoms with E-state index in [9.17, 15) is 9.18 Å². The number of ether oxygens (including phenoxy) is 2. The smallest absolute Gasteiger partial charge is 0.410 e. The molecular weight excluding hydrogens is 385 g/mol. The van der Waals surface area contributed by atoms with Crippen LogP contribution in [-0.4, -0.2) is 34.9 Å². The van der Waals surface area contributed by atoms with Crippen LogP contribution in [0.4, 0.5) is 9.18 Å². The highest BCUT2D eigenvalue weighted by Gasteiger charge is 2.22. The summed E-state index contributed by atoms with van der Waals surface area (Å²) >= 11 is 5.83. The Kier molecular flexibility index (Phi) is 7.66. The minimum atomic E-state index is -0.643. The molecule has 1 N–H and O–H groups in total. The van der Waals surface area contributed by atoms with Gasteiger partial charge in [-0.15, -0.1) is 0 Å². The summed E-state index contributed by atoms with van der Waals surface area (Å²) in [5.41, 5.74) is -0.0550. The average molecular weight is 410 g/mol. The number of halogens is 2. The molecule has 1 amide bonds. The summed E-state index contributed by atoms with van der Waals surface area (Å²) in [6, 6.07) is 11.1. The average Bonchev–Trinajstić information content (AvgIpc) is 2.61. The number of carbonyl (C=O) groups is 1. The van der Waals surface area contributed by atoms with Crippen LogP contribution in [0.1, 0.15) is 32.8 Å². The number of aliphatic hydroxyl groups is 1. The van der Waals surface area contributed by atoms with E-state index in [4.69, 9.17) is 26.2 Å². The second kappa shape index (κ2) is 9.75. The van der Waals surface area contributed by atoms with Crippen LogP contribution in [0.5, 0.6) is 11.5 Å². The molecule has 2 aromatic carbocycles. The van der Waals surface area contributed by atoms with E-state index in [1.54, 1.807) is 51.1 Å². The van der Waals surface area contributed by atoms with Gasteiger partial charge in [-0.2, -0.15) is 0 Å². The Bertz CT molecular complexity index is 790. The second-order valence-electron chi connectivity index (χ2n) is 7.30. The summed E-state index contributed by atoms with van der Waals surface area (Å²) in [4.78, 5) is 13.8. The van der Waals surface area contributed by atoms with Gasteiger partial charge in [-0.05, 0) is 69.2 Å². The van der Waals surface area contributed by atoms with Gasteiger partial charge in [0.15, 0.2) is 11.6 Å². The fraction of sp³-hybridized carbons (Fsp3) is 0.381. The summed E-state index contributed by atoms with van der Waals surface area (Å²) in [6.07, 6.45) is -0.109. The molecule has 28 heavy (non-hydrogen) atoms. The van der Waals surface area contributed by atoms with Gasteiger partial charge in [0, 0.05) is 24.7 Å². The first-order chi connectivity index (χ1) is 13.2. The molecule has 2 aromatic rings. The molecule has 0 aliphatic carbocycles. The summed E-state index contributed by atoms with van der Waals surface area (Å²) in [5.74, 6) is -0.00151. The minimum Gasteiger partial charge on any atom is -0.454 e. The van der Waals surface area contributed by atoms with E-state index >= 15 is 0 Å². The highest BCUT2D eigenvalue weighted by Crippen LogP contribution is 2.27. The van der Waals surface area contributed by atoms with Crippen molar-refractivity contribution in [3.63, 3.8) is 0 Å². The number of hydrogen-bond acceptors (Lipinski definition) is 4. The van der Waals surface area contributed by atoms with Gasteiger partial charge in [0.2, 0.25) is 0 Å². The van der Waals surface area contributed by atoms with E-state index in [1.807, 2.05) is 0 Å². The van der Waals surface area contributed by atoms with Crippen molar-refractivity contribution in [2.24, 2.45) is 0 Å². The molecule has 0 atom stereocenters. The highest BCUT2D eigenvalue weighted by atomic mass is 35.5. The molecule has 0 unspecified atom stereocenters. The molecule has 2 rings (SSSR count). The zero-order valence-electron chi connectivity index (χ0n) is 16.2. The molecule has 152 valence electrons. The summed E-state index contributed by atoms with van der Waals surface area (Å²) in [5, 5.41) is 9.63. The van der Waals surface area contributed by atoms with Crippen molar-refractivity contribution in [2.45, 2.75) is 39.3 Å². The van der Waals surface area contributed by atoms with Crippen molar-refractivity contribution in [3.05, 3.63) is 58.9 Å². The summed E-state index contributed by atoms with van der Waals surface area (Å²) < 4.78 is 25.4. The van der Waals surface area contributed by atoms with Crippen molar-refractivity contribution in [1.29, 1.82) is 0 Å². The standard InChI is InChI=1S/C21H25ClFNO4/c1-21(2,3)28-20(26)24(11-4-12-25)14-15-5-10-19(18(23)13-15)27-17-8-6-16(22)7-9-17/h5-10,13,25H,4,11-12,14H2,1-3H3. The van der Waals surface area contributed by atoms with Crippen molar-refractivity contribution in [3.8, 4) is 11.5 Å². The van der Waals surface area contributed by atoms with Gasteiger partial charge in [0.05, 0.1) is 0 Å². The first-order valence-corrected chi connectivity index (χ1v) is 9.36. The van der Waals surface area contributed by atoms with Crippen molar-refractivity contribution in [1.82, 2.24) is 4.90 Å². The molecule has 0 saturated heterocycles. The van der Waals surface area contributed by atoms with Crippen LogP contribution in [-0.2, 0) is 11.3 Å². The van der Waals surface area contributed by atoms with Gasteiger partial charge < -0.3 is 19.5 Å². The maximum Gasteiger partial charge on any atom is 0.410 e. The number of amides is 1. The van der Waals surface area contributed by atoms with Crippen LogP contribution in [0, 0.1) is 5.82 Å². The molecule has 0 spiro atoms. The van der Waals surface area contributed by atoms with E-state index in [0.29, 0.717) is 29.3 Å². The number of hydrogen-bond donors (Lipinski definition) is 1. The van der Waals surface area contributed by atoms with Crippen molar-refractivity contribution >= 4 is 17.7 Å². The quantitative estimate of drug-likeness (QED) is 0.666. The molecule has 5 nitrogen and oxygen atoms in total. The third-order valence-electron chi connectivity index (χ3n) is 3.65. The molecule has 0 heterocycles. The van der Waals surface area contributed by atoms with Crippen LogP contribution in [0.15, 0.2) is 42.5 Å². The zero-order chi connectivity index (χ0) is 20.7. The fourth-order valence-corrected chi connectivity index (χ4v) is 2.52. The molecular formula is C21H25ClFNO4. The minimum absolute atomic E-state index is 0.0540. The maximum absolute atomic E-state index is 14.5. The monoisotopic (exact) mass is 409 g/mol. The third-order valence-corrected chi connectivity index (χ3v) is 3.90. The van der Waals surface area contributed by atoms with E-state index < -0.39 is 17.5 Å². The largest absolute Gasteiger partial charge is 0.454 e. The Hall–Kier alpha value is -2.31. The second-order valence-corrected chi connectivity index (χ2v) is 7.74. The van der Waals surface area contributed by atoms with Crippen LogP contribution in [0.2, 0.25) is 5.02 Å². The molecule has 0 radical (unpaired) electrons. The SMILES string of the molecule is CC(C)(C)OC(=O)N(CCCO)Cc1ccc(Oc2ccc(Cl)cc2)c(F)c1. The van der Waals surface area contributed by atoms with Crippen molar-refractivity contribution < 1.29 is 23.8 Å². The number of nitrogens with zero attached hydrogens (tertiary/aromatic N) is 1. The molecule has 0 aromatic heterocycles. The van der Waals surface area contributed by atoms with Crippen LogP contribution in [0.3, 0.4) is 0 Å². The predicted octanol–water partition coefficient (Wildman–Crippen LogP) is 5.39. The maximum atomic E-state index is 14.5. The number of aliphatic hydroxyl groups excluding tert-OH is 1. The first-order valence-electron chi connectivity index (χ1n) is 8.98. The van der Waals surface area contributed by atoms with E-state index in [-0.39, 0.29) is 18.9 Å². The number of benzene rings is 2. The Morgan fingerprint density at radius 1 is 1.18 bits per heavy atom. The zero-order valence-corrected chi connectivity index (χ0v) is 17.0. The lowest BCUT2D eigenvalue weighted by Gasteiger charge is -2.27. The highest BCUT2D eigenvalue weighted by molar-refractivity contribution is 6.30. The molecule has 0 fully saturated rings. The Morgan fingerprint density at radius 3 is 2.43 bits per heavy atom. The first kappa shape index (κ1) is 22.0. The Labute approximate surface area is 169 Å². The molecule has 7 heteroatoms. The molecule has 0 aliphatic heterocycles. The van der Waals surface area contributed by atoms with E-state index in [2.05, 4.69) is 0 Å². The molecule has 0 saturated carbocycles. The van der Waals surface area contributed by atoms with E-state index in [1.165, 1.54) is 17.0 Å². The Morgan fingerprint density at radius 2 is 1.86 bits per heavy atom. The lowest BCUT2D eigenvalue weighted by molar-refractivity contribution is 0.0223. The lowest BCUT2D eigenvalue weighted by Crippen LogP contribution is -2.37. The van der Waals surface area contributed by atoms with Crippen LogP contribution >= 0.6 is 11.6 Å². The summed E-state index contributed by atoms with van der Waals surface area (Å²) in [6.45, 7) is 5.73. The van der Waals surface area contributed by atoms with Gasteiger partial charge in [-0.25, -0.2) is 9.18 Å². The molecule has 0 aliphatic rings. The van der Waals surface area contributed by atoms with Crippen molar-refractivity contribution in [2.75, 3.05) is 13.2 Å². The number of rotatable bonds is 7. The lowest BCUT2D eigenvalue weighted by atomic mass is 10.2. The van der Waals surface area contributed by atoms with Crippen LogP contribution < -0.4 is 4.74 Å². The van der Waals surface area contributed by atoms with E-state index in [0.717, 1.165) is 0 Å². The van der Waals surface area contributed by atoms with Gasteiger partial charge in [-0.3, -0.25) is 0 Å². The van der Waals surface area contributed by atoms with Gasteiger partial charge in [0.25, 0.3) is 0 Å². The third kappa shape index (κ3) is 7.02. The number of carbonyl (C=O) groups excluding carboxylic acids is 1. The normalized spacial score (nSPS) is 11.2.